The highest BCUT2D eigenvalue weighted by Crippen LogP contribution is 2.36. The van der Waals surface area contributed by atoms with E-state index in [1.54, 1.807) is 12.4 Å². The molecule has 0 bridgehead atoms. The van der Waals surface area contributed by atoms with Gasteiger partial charge in [0.25, 0.3) is 0 Å². The second-order valence-corrected chi connectivity index (χ2v) is 8.55. The Morgan fingerprint density at radius 3 is 2.75 bits per heavy atom. The fourth-order valence-electron chi connectivity index (χ4n) is 2.69. The van der Waals surface area contributed by atoms with E-state index in [1.165, 1.54) is 11.8 Å². The summed E-state index contributed by atoms with van der Waals surface area (Å²) >= 11 is 2.51. The van der Waals surface area contributed by atoms with Crippen molar-refractivity contribution in [2.75, 3.05) is 11.9 Å². The summed E-state index contributed by atoms with van der Waals surface area (Å²) in [5.74, 6) is 1.65. The Labute approximate surface area is 192 Å². The molecule has 0 amide bonds. The predicted molar refractivity (Wildman–Crippen MR) is 122 cm³/mol. The molecular weight excluding hydrogens is 448 g/mol. The SMILES string of the molecule is Cc1ccc(Oc2cc(Sc3ccccn3)cnc2Nc2nc(C(O)CO)ns2)c(C)n1. The maximum atomic E-state index is 9.74. The zero-order valence-electron chi connectivity index (χ0n) is 17.3. The van der Waals surface area contributed by atoms with Crippen molar-refractivity contribution < 1.29 is 14.9 Å². The van der Waals surface area contributed by atoms with Gasteiger partial charge in [-0.25, -0.2) is 15.0 Å². The number of rotatable bonds is 8. The summed E-state index contributed by atoms with van der Waals surface area (Å²) < 4.78 is 10.2. The van der Waals surface area contributed by atoms with Gasteiger partial charge in [0, 0.05) is 40.6 Å². The molecule has 0 saturated heterocycles. The number of nitrogens with one attached hydrogen (secondary N) is 1. The molecule has 9 nitrogen and oxygen atoms in total. The molecule has 164 valence electrons. The number of aliphatic hydroxyl groups excluding tert-OH is 2. The summed E-state index contributed by atoms with van der Waals surface area (Å²) in [6.45, 7) is 3.34. The Kier molecular flexibility index (Phi) is 6.90. The quantitative estimate of drug-likeness (QED) is 0.348. The molecule has 4 aromatic heterocycles. The molecule has 4 heterocycles. The Balaban J connectivity index is 1.65. The second kappa shape index (κ2) is 10.0. The first-order chi connectivity index (χ1) is 15.5. The van der Waals surface area contributed by atoms with Gasteiger partial charge in [0.2, 0.25) is 5.13 Å². The number of ether oxygens (including phenoxy) is 1. The number of aromatic nitrogens is 5. The van der Waals surface area contributed by atoms with Gasteiger partial charge in [-0.1, -0.05) is 17.8 Å². The van der Waals surface area contributed by atoms with Crippen LogP contribution in [0.25, 0.3) is 0 Å². The number of nitrogens with zero attached hydrogens (tertiary/aromatic N) is 5. The van der Waals surface area contributed by atoms with Gasteiger partial charge in [-0.15, -0.1) is 0 Å². The molecule has 0 aliphatic carbocycles. The van der Waals surface area contributed by atoms with Gasteiger partial charge in [-0.3, -0.25) is 4.98 Å². The molecule has 0 spiro atoms. The Morgan fingerprint density at radius 2 is 2.00 bits per heavy atom. The van der Waals surface area contributed by atoms with Gasteiger partial charge in [0.05, 0.1) is 12.3 Å². The molecule has 32 heavy (non-hydrogen) atoms. The lowest BCUT2D eigenvalue weighted by atomic mass is 10.3. The molecule has 4 aromatic rings. The van der Waals surface area contributed by atoms with Crippen LogP contribution in [0.4, 0.5) is 10.9 Å². The first-order valence-corrected chi connectivity index (χ1v) is 11.2. The smallest absolute Gasteiger partial charge is 0.208 e. The van der Waals surface area contributed by atoms with Crippen molar-refractivity contribution in [2.24, 2.45) is 0 Å². The molecule has 0 fully saturated rings. The van der Waals surface area contributed by atoms with E-state index >= 15 is 0 Å². The Morgan fingerprint density at radius 1 is 1.12 bits per heavy atom. The lowest BCUT2D eigenvalue weighted by molar-refractivity contribution is 0.0897. The van der Waals surface area contributed by atoms with Crippen LogP contribution in [-0.4, -0.2) is 41.1 Å². The normalized spacial score (nSPS) is 11.9. The molecular formula is C21H20N6O3S2. The van der Waals surface area contributed by atoms with Crippen molar-refractivity contribution in [1.29, 1.82) is 0 Å². The zero-order chi connectivity index (χ0) is 22.5. The van der Waals surface area contributed by atoms with Crippen molar-refractivity contribution in [3.63, 3.8) is 0 Å². The van der Waals surface area contributed by atoms with Gasteiger partial charge < -0.3 is 20.3 Å². The molecule has 1 atom stereocenters. The van der Waals surface area contributed by atoms with E-state index in [9.17, 15) is 5.11 Å². The summed E-state index contributed by atoms with van der Waals surface area (Å²) in [6.07, 6.45) is 2.31. The van der Waals surface area contributed by atoms with Crippen LogP contribution in [0.1, 0.15) is 23.3 Å². The van der Waals surface area contributed by atoms with Crippen LogP contribution in [0.15, 0.2) is 58.7 Å². The van der Waals surface area contributed by atoms with Crippen LogP contribution in [0.5, 0.6) is 11.5 Å². The van der Waals surface area contributed by atoms with Crippen LogP contribution in [0.2, 0.25) is 0 Å². The van der Waals surface area contributed by atoms with Crippen LogP contribution in [0.3, 0.4) is 0 Å². The van der Waals surface area contributed by atoms with Crippen molar-refractivity contribution >= 4 is 34.2 Å². The number of aryl methyl sites for hydroxylation is 2. The minimum Gasteiger partial charge on any atom is -0.452 e. The summed E-state index contributed by atoms with van der Waals surface area (Å²) in [5.41, 5.74) is 1.65. The monoisotopic (exact) mass is 468 g/mol. The average Bonchev–Trinajstić information content (AvgIpc) is 3.26. The summed E-state index contributed by atoms with van der Waals surface area (Å²) in [4.78, 5) is 18.3. The predicted octanol–water partition coefficient (Wildman–Crippen LogP) is 4.05. The van der Waals surface area contributed by atoms with E-state index < -0.39 is 12.7 Å². The fourth-order valence-corrected chi connectivity index (χ4v) is 4.08. The topological polar surface area (TPSA) is 126 Å². The lowest BCUT2D eigenvalue weighted by Crippen LogP contribution is -2.04. The van der Waals surface area contributed by atoms with Crippen LogP contribution in [0, 0.1) is 13.8 Å². The van der Waals surface area contributed by atoms with Crippen LogP contribution < -0.4 is 10.1 Å². The van der Waals surface area contributed by atoms with Gasteiger partial charge in [0.15, 0.2) is 17.4 Å². The molecule has 4 rings (SSSR count). The minimum atomic E-state index is -1.14. The van der Waals surface area contributed by atoms with E-state index in [0.29, 0.717) is 22.4 Å². The Hall–Kier alpha value is -3.12. The molecule has 11 heteroatoms. The summed E-state index contributed by atoms with van der Waals surface area (Å²) in [5, 5.41) is 23.2. The third-order valence-electron chi connectivity index (χ3n) is 4.22. The Bertz CT molecular complexity index is 1210. The number of aliphatic hydroxyl groups is 2. The van der Waals surface area contributed by atoms with Crippen LogP contribution >= 0.6 is 23.3 Å². The molecule has 0 aliphatic rings. The van der Waals surface area contributed by atoms with Gasteiger partial charge >= 0.3 is 0 Å². The van der Waals surface area contributed by atoms with E-state index in [2.05, 4.69) is 29.6 Å². The standard InChI is InChI=1S/C21H20N6O3S2/c1-12-6-7-16(13(2)24-12)30-17-9-14(31-18-5-3-4-8-22-18)10-23-20(17)26-21-25-19(27-32-21)15(29)11-28/h3-10,15,28-29H,11H2,1-2H3,(H,23,25,26,27). The molecule has 3 N–H and O–H groups in total. The van der Waals surface area contributed by atoms with Crippen molar-refractivity contribution in [3.05, 3.63) is 66.0 Å². The lowest BCUT2D eigenvalue weighted by Gasteiger charge is -2.13. The number of anilines is 2. The molecule has 1 unspecified atom stereocenters. The third-order valence-corrected chi connectivity index (χ3v) is 5.78. The van der Waals surface area contributed by atoms with E-state index in [-0.39, 0.29) is 5.82 Å². The molecule has 0 aliphatic heterocycles. The first-order valence-electron chi connectivity index (χ1n) is 9.62. The minimum absolute atomic E-state index is 0.142. The highest BCUT2D eigenvalue weighted by Gasteiger charge is 2.16. The zero-order valence-corrected chi connectivity index (χ0v) is 18.9. The van der Waals surface area contributed by atoms with Crippen molar-refractivity contribution in [3.8, 4) is 11.5 Å². The van der Waals surface area contributed by atoms with Gasteiger partial charge in [-0.2, -0.15) is 4.37 Å². The van der Waals surface area contributed by atoms with Crippen molar-refractivity contribution in [2.45, 2.75) is 29.9 Å². The number of pyridine rings is 3. The van der Waals surface area contributed by atoms with E-state index in [4.69, 9.17) is 9.84 Å². The summed E-state index contributed by atoms with van der Waals surface area (Å²) in [6, 6.07) is 11.3. The summed E-state index contributed by atoms with van der Waals surface area (Å²) in [7, 11) is 0. The average molecular weight is 469 g/mol. The first kappa shape index (κ1) is 22.1. The van der Waals surface area contributed by atoms with Crippen molar-refractivity contribution in [1.82, 2.24) is 24.3 Å². The largest absolute Gasteiger partial charge is 0.452 e. The van der Waals surface area contributed by atoms with Crippen LogP contribution in [-0.2, 0) is 0 Å². The van der Waals surface area contributed by atoms with E-state index in [0.717, 1.165) is 32.8 Å². The molecule has 0 aromatic carbocycles. The van der Waals surface area contributed by atoms with Gasteiger partial charge in [-0.05, 0) is 38.1 Å². The maximum absolute atomic E-state index is 9.74. The second-order valence-electron chi connectivity index (χ2n) is 6.71. The maximum Gasteiger partial charge on any atom is 0.208 e. The molecule has 0 radical (unpaired) electrons. The van der Waals surface area contributed by atoms with Gasteiger partial charge in [0.1, 0.15) is 16.9 Å². The molecule has 0 saturated carbocycles. The third kappa shape index (κ3) is 5.37. The highest BCUT2D eigenvalue weighted by atomic mass is 32.2. The fraction of sp³-hybridized carbons (Fsp3) is 0.190. The van der Waals surface area contributed by atoms with E-state index in [1.807, 2.05) is 50.2 Å². The number of hydrogen-bond acceptors (Lipinski definition) is 11. The number of hydrogen-bond donors (Lipinski definition) is 3. The highest BCUT2D eigenvalue weighted by molar-refractivity contribution is 7.99.